The first-order chi connectivity index (χ1) is 13.8. The molecule has 2 aromatic rings. The summed E-state index contributed by atoms with van der Waals surface area (Å²) < 4.78 is 1.72. The van der Waals surface area contributed by atoms with Crippen LogP contribution in [0.15, 0.2) is 42.9 Å². The highest BCUT2D eigenvalue weighted by Crippen LogP contribution is 2.25. The Bertz CT molecular complexity index is 838. The molecule has 4 N–H and O–H groups in total. The summed E-state index contributed by atoms with van der Waals surface area (Å²) in [4.78, 5) is 29.5. The molecule has 0 saturated heterocycles. The van der Waals surface area contributed by atoms with Gasteiger partial charge in [0.1, 0.15) is 11.6 Å². The van der Waals surface area contributed by atoms with Crippen molar-refractivity contribution in [1.82, 2.24) is 14.9 Å². The van der Waals surface area contributed by atoms with E-state index in [1.807, 2.05) is 44.2 Å². The van der Waals surface area contributed by atoms with Gasteiger partial charge in [-0.25, -0.2) is 4.98 Å². The Morgan fingerprint density at radius 2 is 1.83 bits per heavy atom. The molecule has 0 aliphatic heterocycles. The summed E-state index contributed by atoms with van der Waals surface area (Å²) in [5, 5.41) is 5.90. The van der Waals surface area contributed by atoms with E-state index in [0.29, 0.717) is 5.82 Å². The van der Waals surface area contributed by atoms with Crippen LogP contribution < -0.4 is 16.4 Å². The van der Waals surface area contributed by atoms with E-state index in [-0.39, 0.29) is 17.9 Å². The minimum atomic E-state index is -0.819. The second-order valence-corrected chi connectivity index (χ2v) is 8.53. The number of benzene rings is 1. The Balaban J connectivity index is 1.61. The molecule has 1 heterocycles. The van der Waals surface area contributed by atoms with E-state index in [0.717, 1.165) is 37.2 Å². The van der Waals surface area contributed by atoms with Gasteiger partial charge >= 0.3 is 0 Å². The number of nitrogens with two attached hydrogens (primary N) is 1. The second-order valence-electron chi connectivity index (χ2n) is 8.53. The Morgan fingerprint density at radius 1 is 1.17 bits per heavy atom. The molecule has 2 amide bonds. The predicted molar refractivity (Wildman–Crippen MR) is 113 cm³/mol. The molecule has 1 aromatic heterocycles. The SMILES string of the molecule is CC1CCC(NC(=O)C(C)(C)n2cnc(NC(=O)[C@@H](N)c3ccccc3)c2)CC1. The minimum absolute atomic E-state index is 0.0479. The van der Waals surface area contributed by atoms with Crippen molar-refractivity contribution in [2.75, 3.05) is 5.32 Å². The van der Waals surface area contributed by atoms with E-state index in [4.69, 9.17) is 5.73 Å². The van der Waals surface area contributed by atoms with E-state index in [1.165, 1.54) is 0 Å². The normalized spacial score (nSPS) is 20.7. The van der Waals surface area contributed by atoms with E-state index >= 15 is 0 Å². The van der Waals surface area contributed by atoms with Gasteiger partial charge in [-0.2, -0.15) is 0 Å². The smallest absolute Gasteiger partial charge is 0.247 e. The van der Waals surface area contributed by atoms with Crippen LogP contribution in [0.25, 0.3) is 0 Å². The molecule has 1 saturated carbocycles. The summed E-state index contributed by atoms with van der Waals surface area (Å²) in [6, 6.07) is 8.61. The lowest BCUT2D eigenvalue weighted by Crippen LogP contribution is -2.48. The Kier molecular flexibility index (Phi) is 6.37. The van der Waals surface area contributed by atoms with Gasteiger partial charge in [-0.05, 0) is 51.0 Å². The molecule has 156 valence electrons. The predicted octanol–water partition coefficient (Wildman–Crippen LogP) is 2.95. The fourth-order valence-corrected chi connectivity index (χ4v) is 3.59. The van der Waals surface area contributed by atoms with Crippen LogP contribution in [-0.4, -0.2) is 27.4 Å². The third-order valence-electron chi connectivity index (χ3n) is 5.83. The Labute approximate surface area is 172 Å². The third kappa shape index (κ3) is 5.03. The van der Waals surface area contributed by atoms with Crippen LogP contribution in [-0.2, 0) is 15.1 Å². The van der Waals surface area contributed by atoms with Crippen LogP contribution in [0.3, 0.4) is 0 Å². The Hall–Kier alpha value is -2.67. The van der Waals surface area contributed by atoms with Crippen LogP contribution in [0.1, 0.15) is 58.1 Å². The first-order valence-electron chi connectivity index (χ1n) is 10.2. The summed E-state index contributed by atoms with van der Waals surface area (Å²) in [7, 11) is 0. The number of anilines is 1. The van der Waals surface area contributed by atoms with Crippen molar-refractivity contribution < 1.29 is 9.59 Å². The minimum Gasteiger partial charge on any atom is -0.351 e. The summed E-state index contributed by atoms with van der Waals surface area (Å²) in [6.45, 7) is 5.94. The largest absolute Gasteiger partial charge is 0.351 e. The zero-order valence-corrected chi connectivity index (χ0v) is 17.4. The molecule has 0 bridgehead atoms. The number of nitrogens with zero attached hydrogens (tertiary/aromatic N) is 2. The van der Waals surface area contributed by atoms with Crippen molar-refractivity contribution in [3.63, 3.8) is 0 Å². The second kappa shape index (κ2) is 8.78. The molecular weight excluding hydrogens is 366 g/mol. The van der Waals surface area contributed by atoms with Crippen molar-refractivity contribution in [2.24, 2.45) is 11.7 Å². The lowest BCUT2D eigenvalue weighted by Gasteiger charge is -2.31. The van der Waals surface area contributed by atoms with Gasteiger partial charge in [-0.15, -0.1) is 0 Å². The molecule has 1 fully saturated rings. The van der Waals surface area contributed by atoms with Gasteiger partial charge in [-0.3, -0.25) is 9.59 Å². The van der Waals surface area contributed by atoms with E-state index < -0.39 is 11.6 Å². The number of amides is 2. The number of nitrogens with one attached hydrogen (secondary N) is 2. The van der Waals surface area contributed by atoms with Crippen molar-refractivity contribution in [3.8, 4) is 0 Å². The zero-order valence-electron chi connectivity index (χ0n) is 17.4. The highest BCUT2D eigenvalue weighted by atomic mass is 16.2. The topological polar surface area (TPSA) is 102 Å². The Morgan fingerprint density at radius 3 is 2.48 bits per heavy atom. The maximum atomic E-state index is 12.9. The van der Waals surface area contributed by atoms with Crippen LogP contribution in [0.2, 0.25) is 0 Å². The fraction of sp³-hybridized carbons (Fsp3) is 0.500. The van der Waals surface area contributed by atoms with Crippen LogP contribution in [0.4, 0.5) is 5.82 Å². The quantitative estimate of drug-likeness (QED) is 0.697. The van der Waals surface area contributed by atoms with Crippen molar-refractivity contribution in [2.45, 2.75) is 64.1 Å². The standard InChI is InChI=1S/C22H31N5O2/c1-15-9-11-17(12-10-15)25-21(29)22(2,3)27-13-18(24-14-27)26-20(28)19(23)16-7-5-4-6-8-16/h4-8,13-15,17,19H,9-12,23H2,1-3H3,(H,25,29)(H,26,28)/t15?,17?,19-/m0/s1. The molecule has 1 aliphatic rings. The molecule has 1 aliphatic carbocycles. The lowest BCUT2D eigenvalue weighted by atomic mass is 9.87. The van der Waals surface area contributed by atoms with Gasteiger partial charge in [0, 0.05) is 12.2 Å². The van der Waals surface area contributed by atoms with Gasteiger partial charge in [0.2, 0.25) is 11.8 Å². The van der Waals surface area contributed by atoms with Crippen LogP contribution in [0, 0.1) is 5.92 Å². The first-order valence-corrected chi connectivity index (χ1v) is 10.2. The molecule has 29 heavy (non-hydrogen) atoms. The average Bonchev–Trinajstić information content (AvgIpc) is 3.19. The molecule has 0 radical (unpaired) electrons. The van der Waals surface area contributed by atoms with Crippen molar-refractivity contribution >= 4 is 17.6 Å². The number of aromatic nitrogens is 2. The lowest BCUT2D eigenvalue weighted by molar-refractivity contribution is -0.129. The maximum Gasteiger partial charge on any atom is 0.247 e. The summed E-state index contributed by atoms with van der Waals surface area (Å²) in [5.74, 6) is 0.709. The van der Waals surface area contributed by atoms with Gasteiger partial charge in [0.05, 0.1) is 6.33 Å². The van der Waals surface area contributed by atoms with Crippen LogP contribution in [0.5, 0.6) is 0 Å². The van der Waals surface area contributed by atoms with Crippen molar-refractivity contribution in [3.05, 3.63) is 48.4 Å². The molecule has 7 heteroatoms. The van der Waals surface area contributed by atoms with E-state index in [1.54, 1.807) is 17.1 Å². The zero-order chi connectivity index (χ0) is 21.0. The van der Waals surface area contributed by atoms with Crippen molar-refractivity contribution in [1.29, 1.82) is 0 Å². The van der Waals surface area contributed by atoms with Gasteiger partial charge in [0.25, 0.3) is 0 Å². The molecular formula is C22H31N5O2. The highest BCUT2D eigenvalue weighted by Gasteiger charge is 2.32. The third-order valence-corrected chi connectivity index (χ3v) is 5.83. The molecule has 0 spiro atoms. The number of rotatable bonds is 6. The monoisotopic (exact) mass is 397 g/mol. The van der Waals surface area contributed by atoms with Gasteiger partial charge < -0.3 is 20.9 Å². The van der Waals surface area contributed by atoms with Gasteiger partial charge in [0.15, 0.2) is 5.82 Å². The first kappa shape index (κ1) is 21.0. The molecule has 1 aromatic carbocycles. The van der Waals surface area contributed by atoms with Gasteiger partial charge in [-0.1, -0.05) is 37.3 Å². The number of hydrogen-bond acceptors (Lipinski definition) is 4. The number of imidazole rings is 1. The van der Waals surface area contributed by atoms with E-state index in [9.17, 15) is 9.59 Å². The van der Waals surface area contributed by atoms with E-state index in [2.05, 4.69) is 22.5 Å². The highest BCUT2D eigenvalue weighted by molar-refractivity contribution is 5.94. The maximum absolute atomic E-state index is 12.9. The average molecular weight is 398 g/mol. The number of carbonyl (C=O) groups excluding carboxylic acids is 2. The fourth-order valence-electron chi connectivity index (χ4n) is 3.59. The summed E-state index contributed by atoms with van der Waals surface area (Å²) in [6.07, 6.45) is 7.56. The van der Waals surface area contributed by atoms with Crippen LogP contribution >= 0.6 is 0 Å². The number of hydrogen-bond donors (Lipinski definition) is 3. The molecule has 0 unspecified atom stereocenters. The molecule has 7 nitrogen and oxygen atoms in total. The molecule has 1 atom stereocenters. The molecule has 3 rings (SSSR count). The summed E-state index contributed by atoms with van der Waals surface area (Å²) in [5.41, 5.74) is 5.94. The number of carbonyl (C=O) groups is 2. The summed E-state index contributed by atoms with van der Waals surface area (Å²) >= 11 is 0.